The third-order valence-electron chi connectivity index (χ3n) is 7.74. The summed E-state index contributed by atoms with van der Waals surface area (Å²) in [4.78, 5) is 33.7. The summed E-state index contributed by atoms with van der Waals surface area (Å²) >= 11 is 0. The van der Waals surface area contributed by atoms with E-state index in [0.717, 1.165) is 36.8 Å². The monoisotopic (exact) mass is 492 g/mol. The predicted molar refractivity (Wildman–Crippen MR) is 137 cm³/mol. The molecule has 37 heavy (non-hydrogen) atoms. The molecule has 4 aromatic heterocycles. The molecule has 0 atom stereocenters. The Bertz CT molecular complexity index is 1700. The zero-order chi connectivity index (χ0) is 25.0. The second-order valence-corrected chi connectivity index (χ2v) is 10.2. The van der Waals surface area contributed by atoms with Gasteiger partial charge < -0.3 is 10.1 Å². The summed E-state index contributed by atoms with van der Waals surface area (Å²) in [5.41, 5.74) is 2.20. The van der Waals surface area contributed by atoms with Gasteiger partial charge >= 0.3 is 0 Å². The van der Waals surface area contributed by atoms with Crippen molar-refractivity contribution < 1.29 is 9.53 Å². The van der Waals surface area contributed by atoms with Crippen molar-refractivity contribution in [2.45, 2.75) is 37.6 Å². The number of carbonyl (C=O) groups excluding carboxylic acids is 1. The first-order chi connectivity index (χ1) is 18.1. The van der Waals surface area contributed by atoms with Crippen molar-refractivity contribution in [3.05, 3.63) is 94.9 Å². The maximum Gasteiger partial charge on any atom is 0.272 e. The van der Waals surface area contributed by atoms with Crippen LogP contribution in [0.15, 0.2) is 78.0 Å². The van der Waals surface area contributed by atoms with Gasteiger partial charge in [0.1, 0.15) is 17.1 Å². The highest BCUT2D eigenvalue weighted by molar-refractivity contribution is 5.93. The Kier molecular flexibility index (Phi) is 4.85. The molecule has 0 bridgehead atoms. The third-order valence-corrected chi connectivity index (χ3v) is 7.74. The molecule has 1 aromatic carbocycles. The SMILES string of the molecule is O=C(N[C@H]1CC2(C1)C[C@H](c1n[nH]c(=O)c3ccccc31)C2)c1cnc2cc(Oc3ccccn3)ccn12. The Labute approximate surface area is 211 Å². The number of carbonyl (C=O) groups is 1. The molecule has 0 unspecified atom stereocenters. The summed E-state index contributed by atoms with van der Waals surface area (Å²) in [6, 6.07) is 16.8. The Morgan fingerprint density at radius 3 is 2.65 bits per heavy atom. The van der Waals surface area contributed by atoms with Crippen LogP contribution in [-0.4, -0.2) is 36.5 Å². The molecule has 1 spiro atoms. The summed E-state index contributed by atoms with van der Waals surface area (Å²) in [6.07, 6.45) is 9.01. The van der Waals surface area contributed by atoms with E-state index >= 15 is 0 Å². The number of aromatic nitrogens is 5. The van der Waals surface area contributed by atoms with Gasteiger partial charge in [-0.05, 0) is 49.3 Å². The van der Waals surface area contributed by atoms with Crippen molar-refractivity contribution in [1.29, 1.82) is 0 Å². The number of pyridine rings is 2. The number of nitrogens with one attached hydrogen (secondary N) is 2. The molecule has 0 aliphatic heterocycles. The smallest absolute Gasteiger partial charge is 0.272 e. The minimum Gasteiger partial charge on any atom is -0.439 e. The van der Waals surface area contributed by atoms with Crippen LogP contribution in [0.3, 0.4) is 0 Å². The van der Waals surface area contributed by atoms with Crippen molar-refractivity contribution in [1.82, 2.24) is 29.9 Å². The van der Waals surface area contributed by atoms with Gasteiger partial charge in [-0.1, -0.05) is 24.3 Å². The van der Waals surface area contributed by atoms with Crippen LogP contribution < -0.4 is 15.6 Å². The molecular formula is C28H24N6O3. The number of benzene rings is 1. The normalized spacial score (nSPS) is 22.5. The fourth-order valence-electron chi connectivity index (χ4n) is 6.03. The highest BCUT2D eigenvalue weighted by Crippen LogP contribution is 2.62. The maximum atomic E-state index is 13.0. The molecule has 2 N–H and O–H groups in total. The van der Waals surface area contributed by atoms with Gasteiger partial charge in [0.15, 0.2) is 0 Å². The second kappa shape index (κ2) is 8.26. The van der Waals surface area contributed by atoms with E-state index in [2.05, 4.69) is 25.5 Å². The van der Waals surface area contributed by atoms with E-state index in [1.807, 2.05) is 36.4 Å². The molecule has 2 fully saturated rings. The van der Waals surface area contributed by atoms with Crippen LogP contribution in [0.1, 0.15) is 47.8 Å². The highest BCUT2D eigenvalue weighted by atomic mass is 16.5. The molecular weight excluding hydrogens is 468 g/mol. The molecule has 4 heterocycles. The van der Waals surface area contributed by atoms with Crippen molar-refractivity contribution in [3.63, 3.8) is 0 Å². The number of hydrogen-bond acceptors (Lipinski definition) is 6. The minimum absolute atomic E-state index is 0.130. The van der Waals surface area contributed by atoms with E-state index in [1.54, 1.807) is 41.2 Å². The largest absolute Gasteiger partial charge is 0.439 e. The lowest BCUT2D eigenvalue weighted by Gasteiger charge is -2.57. The first-order valence-electron chi connectivity index (χ1n) is 12.4. The van der Waals surface area contributed by atoms with Gasteiger partial charge in [0.2, 0.25) is 5.88 Å². The first kappa shape index (κ1) is 21.7. The van der Waals surface area contributed by atoms with E-state index in [-0.39, 0.29) is 22.9 Å². The van der Waals surface area contributed by atoms with E-state index < -0.39 is 0 Å². The van der Waals surface area contributed by atoms with Gasteiger partial charge in [0.05, 0.1) is 17.3 Å². The fourth-order valence-corrected chi connectivity index (χ4v) is 6.03. The van der Waals surface area contributed by atoms with Crippen LogP contribution >= 0.6 is 0 Å². The Balaban J connectivity index is 0.987. The molecule has 1 amide bonds. The van der Waals surface area contributed by atoms with E-state index in [1.165, 1.54) is 0 Å². The predicted octanol–water partition coefficient (Wildman–Crippen LogP) is 4.21. The summed E-state index contributed by atoms with van der Waals surface area (Å²) < 4.78 is 7.54. The summed E-state index contributed by atoms with van der Waals surface area (Å²) in [5, 5.41) is 11.8. The third kappa shape index (κ3) is 3.74. The minimum atomic E-state index is -0.149. The standard InChI is InChI=1S/C28H24N6O3/c35-26-21-6-2-1-5-20(21)25(32-33-26)17-12-28(13-17)14-18(15-28)31-27(36)22-16-30-23-11-19(8-10-34(22)23)37-24-7-3-4-9-29-24/h1-11,16-18H,12-15H2,(H,31,36)(H,33,35)/t17-,18-,28?. The molecule has 2 saturated carbocycles. The molecule has 0 saturated heterocycles. The molecule has 184 valence electrons. The molecule has 2 aliphatic carbocycles. The molecule has 9 heteroatoms. The van der Waals surface area contributed by atoms with Crippen LogP contribution in [0, 0.1) is 5.41 Å². The van der Waals surface area contributed by atoms with E-state index in [9.17, 15) is 9.59 Å². The molecule has 7 rings (SSSR count). The number of fused-ring (bicyclic) bond motifs is 2. The topological polar surface area (TPSA) is 114 Å². The lowest BCUT2D eigenvalue weighted by Crippen LogP contribution is -2.55. The molecule has 9 nitrogen and oxygen atoms in total. The van der Waals surface area contributed by atoms with E-state index in [4.69, 9.17) is 4.74 Å². The summed E-state index contributed by atoms with van der Waals surface area (Å²) in [7, 11) is 0. The molecule has 5 aromatic rings. The van der Waals surface area contributed by atoms with Crippen LogP contribution in [0.5, 0.6) is 11.6 Å². The molecule has 0 radical (unpaired) electrons. The van der Waals surface area contributed by atoms with Crippen LogP contribution in [0.4, 0.5) is 0 Å². The highest BCUT2D eigenvalue weighted by Gasteiger charge is 2.54. The lowest BCUT2D eigenvalue weighted by atomic mass is 9.49. The maximum absolute atomic E-state index is 13.0. The molecule has 2 aliphatic rings. The summed E-state index contributed by atoms with van der Waals surface area (Å²) in [5.74, 6) is 1.31. The Morgan fingerprint density at radius 1 is 1.03 bits per heavy atom. The fraction of sp³-hybridized carbons (Fsp3) is 0.250. The van der Waals surface area contributed by atoms with Crippen molar-refractivity contribution >= 4 is 22.3 Å². The zero-order valence-electron chi connectivity index (χ0n) is 19.9. The van der Waals surface area contributed by atoms with Gasteiger partial charge in [-0.25, -0.2) is 15.1 Å². The van der Waals surface area contributed by atoms with Crippen LogP contribution in [0.25, 0.3) is 16.4 Å². The van der Waals surface area contributed by atoms with Crippen molar-refractivity contribution in [3.8, 4) is 11.6 Å². The lowest BCUT2D eigenvalue weighted by molar-refractivity contribution is -0.0197. The van der Waals surface area contributed by atoms with Crippen molar-refractivity contribution in [2.75, 3.05) is 0 Å². The number of amides is 1. The van der Waals surface area contributed by atoms with Gasteiger partial charge in [0.25, 0.3) is 11.5 Å². The second-order valence-electron chi connectivity index (χ2n) is 10.2. The Hall–Kier alpha value is -4.53. The average Bonchev–Trinajstić information content (AvgIpc) is 3.30. The van der Waals surface area contributed by atoms with Gasteiger partial charge in [0, 0.05) is 41.9 Å². The summed E-state index contributed by atoms with van der Waals surface area (Å²) in [6.45, 7) is 0. The number of ether oxygens (including phenoxy) is 1. The number of nitrogens with zero attached hydrogens (tertiary/aromatic N) is 4. The van der Waals surface area contributed by atoms with Crippen LogP contribution in [-0.2, 0) is 0 Å². The average molecular weight is 493 g/mol. The Morgan fingerprint density at radius 2 is 1.84 bits per heavy atom. The zero-order valence-corrected chi connectivity index (χ0v) is 19.9. The number of imidazole rings is 1. The van der Waals surface area contributed by atoms with E-state index in [0.29, 0.717) is 34.3 Å². The van der Waals surface area contributed by atoms with Gasteiger partial charge in [-0.15, -0.1) is 0 Å². The number of aromatic amines is 1. The number of rotatable bonds is 5. The van der Waals surface area contributed by atoms with Crippen molar-refractivity contribution in [2.24, 2.45) is 5.41 Å². The van der Waals surface area contributed by atoms with Crippen LogP contribution in [0.2, 0.25) is 0 Å². The van der Waals surface area contributed by atoms with Gasteiger partial charge in [-0.3, -0.25) is 14.0 Å². The number of hydrogen-bond donors (Lipinski definition) is 2. The van der Waals surface area contributed by atoms with Gasteiger partial charge in [-0.2, -0.15) is 5.10 Å². The first-order valence-corrected chi connectivity index (χ1v) is 12.4. The quantitative estimate of drug-likeness (QED) is 0.380. The number of H-pyrrole nitrogens is 1.